The minimum atomic E-state index is -0.281. The van der Waals surface area contributed by atoms with Gasteiger partial charge in [-0.05, 0) is 18.2 Å². The summed E-state index contributed by atoms with van der Waals surface area (Å²) in [5.74, 6) is 1.08. The molecule has 1 aromatic rings. The van der Waals surface area contributed by atoms with Crippen LogP contribution in [0.5, 0.6) is 11.5 Å². The van der Waals surface area contributed by atoms with E-state index in [-0.39, 0.29) is 17.9 Å². The maximum Gasteiger partial charge on any atom is 0.254 e. The number of amides is 2. The first-order valence-electron chi connectivity index (χ1n) is 8.75. The van der Waals surface area contributed by atoms with E-state index in [4.69, 9.17) is 14.2 Å². The summed E-state index contributed by atoms with van der Waals surface area (Å²) in [5, 5.41) is 3.18. The molecule has 2 amide bonds. The van der Waals surface area contributed by atoms with Crippen molar-refractivity contribution in [3.05, 3.63) is 23.8 Å². The van der Waals surface area contributed by atoms with Gasteiger partial charge in [0, 0.05) is 38.3 Å². The van der Waals surface area contributed by atoms with Crippen molar-refractivity contribution < 1.29 is 23.8 Å². The van der Waals surface area contributed by atoms with E-state index in [2.05, 4.69) is 5.32 Å². The normalized spacial score (nSPS) is 20.6. The molecule has 142 valence electrons. The Labute approximate surface area is 153 Å². The van der Waals surface area contributed by atoms with Gasteiger partial charge >= 0.3 is 0 Å². The molecule has 8 nitrogen and oxygen atoms in total. The van der Waals surface area contributed by atoms with Crippen LogP contribution in [0.25, 0.3) is 0 Å². The molecule has 3 rings (SSSR count). The second-order valence-corrected chi connectivity index (χ2v) is 6.27. The molecule has 1 aromatic carbocycles. The number of nitrogens with zero attached hydrogens (tertiary/aromatic N) is 2. The van der Waals surface area contributed by atoms with Gasteiger partial charge in [0.1, 0.15) is 6.04 Å². The molecule has 0 radical (unpaired) electrons. The first-order chi connectivity index (χ1) is 12.6. The Kier molecular flexibility index (Phi) is 5.95. The van der Waals surface area contributed by atoms with Gasteiger partial charge in [0.25, 0.3) is 5.91 Å². The summed E-state index contributed by atoms with van der Waals surface area (Å²) in [5.41, 5.74) is 0.546. The minimum absolute atomic E-state index is 0.0444. The van der Waals surface area contributed by atoms with E-state index in [0.717, 1.165) is 0 Å². The summed E-state index contributed by atoms with van der Waals surface area (Å²) in [7, 11) is 3.10. The summed E-state index contributed by atoms with van der Waals surface area (Å²) in [4.78, 5) is 28.8. The standard InChI is InChI=1S/C18H25N3O5/c1-24-15-4-3-13(11-16(15)25-2)17(22)20-6-8-21(9-7-20)18(23)14-12-26-10-5-19-14/h3-4,11,14,19H,5-10,12H2,1-2H3. The van der Waals surface area contributed by atoms with Crippen molar-refractivity contribution in [2.24, 2.45) is 0 Å². The highest BCUT2D eigenvalue weighted by Crippen LogP contribution is 2.28. The monoisotopic (exact) mass is 363 g/mol. The predicted octanol–water partition coefficient (Wildman–Crippen LogP) is -0.0234. The third-order valence-electron chi connectivity index (χ3n) is 4.73. The highest BCUT2D eigenvalue weighted by atomic mass is 16.5. The van der Waals surface area contributed by atoms with Crippen LogP contribution < -0.4 is 14.8 Å². The highest BCUT2D eigenvalue weighted by Gasteiger charge is 2.30. The van der Waals surface area contributed by atoms with Gasteiger partial charge in [-0.3, -0.25) is 9.59 Å². The van der Waals surface area contributed by atoms with Gasteiger partial charge in [-0.2, -0.15) is 0 Å². The molecule has 0 bridgehead atoms. The van der Waals surface area contributed by atoms with Crippen LogP contribution in [0.3, 0.4) is 0 Å². The van der Waals surface area contributed by atoms with E-state index in [1.807, 2.05) is 0 Å². The molecule has 8 heteroatoms. The quantitative estimate of drug-likeness (QED) is 0.810. The van der Waals surface area contributed by atoms with Crippen molar-refractivity contribution in [2.75, 3.05) is 60.2 Å². The lowest BCUT2D eigenvalue weighted by atomic mass is 10.1. The number of piperazine rings is 1. The maximum absolute atomic E-state index is 12.7. The molecule has 2 saturated heterocycles. The van der Waals surface area contributed by atoms with E-state index in [0.29, 0.717) is 63.0 Å². The van der Waals surface area contributed by atoms with Crippen molar-refractivity contribution in [1.29, 1.82) is 0 Å². The summed E-state index contributed by atoms with van der Waals surface area (Å²) in [6.07, 6.45) is 0. The predicted molar refractivity (Wildman–Crippen MR) is 94.6 cm³/mol. The Morgan fingerprint density at radius 3 is 2.38 bits per heavy atom. The second-order valence-electron chi connectivity index (χ2n) is 6.27. The number of rotatable bonds is 4. The van der Waals surface area contributed by atoms with Crippen LogP contribution in [0.15, 0.2) is 18.2 Å². The number of nitrogens with one attached hydrogen (secondary N) is 1. The zero-order valence-electron chi connectivity index (χ0n) is 15.2. The van der Waals surface area contributed by atoms with Crippen LogP contribution in [0, 0.1) is 0 Å². The molecule has 0 saturated carbocycles. The summed E-state index contributed by atoms with van der Waals surface area (Å²) in [6, 6.07) is 4.85. The van der Waals surface area contributed by atoms with Crippen molar-refractivity contribution in [2.45, 2.75) is 6.04 Å². The molecule has 1 N–H and O–H groups in total. The molecule has 2 fully saturated rings. The molecule has 2 aliphatic heterocycles. The number of carbonyl (C=O) groups excluding carboxylic acids is 2. The Bertz CT molecular complexity index is 652. The van der Waals surface area contributed by atoms with Crippen molar-refractivity contribution >= 4 is 11.8 Å². The lowest BCUT2D eigenvalue weighted by molar-refractivity contribution is -0.137. The van der Waals surface area contributed by atoms with E-state index in [1.54, 1.807) is 42.2 Å². The third-order valence-corrected chi connectivity index (χ3v) is 4.73. The SMILES string of the molecule is COc1ccc(C(=O)N2CCN(C(=O)C3COCCN3)CC2)cc1OC. The Balaban J connectivity index is 1.59. The molecular weight excluding hydrogens is 338 g/mol. The van der Waals surface area contributed by atoms with Gasteiger partial charge < -0.3 is 29.3 Å². The van der Waals surface area contributed by atoms with E-state index in [9.17, 15) is 9.59 Å². The topological polar surface area (TPSA) is 80.3 Å². The molecule has 2 heterocycles. The molecule has 2 aliphatic rings. The van der Waals surface area contributed by atoms with Crippen LogP contribution in [-0.4, -0.2) is 87.8 Å². The fourth-order valence-corrected chi connectivity index (χ4v) is 3.23. The van der Waals surface area contributed by atoms with Gasteiger partial charge in [-0.15, -0.1) is 0 Å². The molecule has 0 spiro atoms. The average Bonchev–Trinajstić information content (AvgIpc) is 2.73. The lowest BCUT2D eigenvalue weighted by Gasteiger charge is -2.37. The van der Waals surface area contributed by atoms with E-state index >= 15 is 0 Å². The zero-order chi connectivity index (χ0) is 18.5. The summed E-state index contributed by atoms with van der Waals surface area (Å²) >= 11 is 0. The second kappa shape index (κ2) is 8.37. The number of hydrogen-bond acceptors (Lipinski definition) is 6. The Morgan fingerprint density at radius 1 is 1.08 bits per heavy atom. The van der Waals surface area contributed by atoms with Gasteiger partial charge in [0.05, 0.1) is 27.4 Å². The van der Waals surface area contributed by atoms with Gasteiger partial charge in [-0.1, -0.05) is 0 Å². The molecule has 1 unspecified atom stereocenters. The van der Waals surface area contributed by atoms with Crippen LogP contribution >= 0.6 is 0 Å². The van der Waals surface area contributed by atoms with Crippen LogP contribution in [0.2, 0.25) is 0 Å². The number of hydrogen-bond donors (Lipinski definition) is 1. The van der Waals surface area contributed by atoms with E-state index < -0.39 is 0 Å². The van der Waals surface area contributed by atoms with Crippen LogP contribution in [0.4, 0.5) is 0 Å². The zero-order valence-corrected chi connectivity index (χ0v) is 15.2. The third kappa shape index (κ3) is 3.91. The molecule has 1 atom stereocenters. The summed E-state index contributed by atoms with van der Waals surface area (Å²) < 4.78 is 15.8. The number of methoxy groups -OCH3 is 2. The molecular formula is C18H25N3O5. The number of ether oxygens (including phenoxy) is 3. The first kappa shape index (κ1) is 18.5. The van der Waals surface area contributed by atoms with Crippen molar-refractivity contribution in [3.63, 3.8) is 0 Å². The molecule has 0 aromatic heterocycles. The van der Waals surface area contributed by atoms with E-state index in [1.165, 1.54) is 0 Å². The maximum atomic E-state index is 12.7. The average molecular weight is 363 g/mol. The molecule has 26 heavy (non-hydrogen) atoms. The Morgan fingerprint density at radius 2 is 1.77 bits per heavy atom. The minimum Gasteiger partial charge on any atom is -0.493 e. The van der Waals surface area contributed by atoms with Crippen LogP contribution in [0.1, 0.15) is 10.4 Å². The van der Waals surface area contributed by atoms with Crippen molar-refractivity contribution in [3.8, 4) is 11.5 Å². The lowest BCUT2D eigenvalue weighted by Crippen LogP contribution is -2.57. The van der Waals surface area contributed by atoms with Crippen molar-refractivity contribution in [1.82, 2.24) is 15.1 Å². The highest BCUT2D eigenvalue weighted by molar-refractivity contribution is 5.95. The van der Waals surface area contributed by atoms with Crippen LogP contribution in [-0.2, 0) is 9.53 Å². The Hall–Kier alpha value is -2.32. The van der Waals surface area contributed by atoms with Gasteiger partial charge in [0.2, 0.25) is 5.91 Å². The van der Waals surface area contributed by atoms with Gasteiger partial charge in [-0.25, -0.2) is 0 Å². The van der Waals surface area contributed by atoms with Gasteiger partial charge in [0.15, 0.2) is 11.5 Å². The first-order valence-corrected chi connectivity index (χ1v) is 8.75. The number of benzene rings is 1. The smallest absolute Gasteiger partial charge is 0.254 e. The number of morpholine rings is 1. The fourth-order valence-electron chi connectivity index (χ4n) is 3.23. The summed E-state index contributed by atoms with van der Waals surface area (Å²) in [6.45, 7) is 3.79. The number of carbonyl (C=O) groups is 2. The fraction of sp³-hybridized carbons (Fsp3) is 0.556. The largest absolute Gasteiger partial charge is 0.493 e. The molecule has 0 aliphatic carbocycles.